The van der Waals surface area contributed by atoms with Gasteiger partial charge in [0.1, 0.15) is 5.69 Å². The Bertz CT molecular complexity index is 782. The largest absolute Gasteiger partial charge is 0.340 e. The highest BCUT2D eigenvalue weighted by molar-refractivity contribution is 5.95. The van der Waals surface area contributed by atoms with E-state index in [2.05, 4.69) is 4.98 Å². The SMILES string of the molecule is Cn1cnc(C(=O)N2CCN(C(=O)c3ccc(F)c(F)c3)CC2)c1. The van der Waals surface area contributed by atoms with E-state index in [9.17, 15) is 18.4 Å². The van der Waals surface area contributed by atoms with Gasteiger partial charge in [0.25, 0.3) is 11.8 Å². The van der Waals surface area contributed by atoms with E-state index < -0.39 is 11.6 Å². The summed E-state index contributed by atoms with van der Waals surface area (Å²) in [7, 11) is 1.78. The lowest BCUT2D eigenvalue weighted by molar-refractivity contribution is 0.0532. The molecule has 1 aromatic carbocycles. The molecule has 1 aliphatic heterocycles. The van der Waals surface area contributed by atoms with E-state index in [4.69, 9.17) is 0 Å². The van der Waals surface area contributed by atoms with E-state index in [1.807, 2.05) is 0 Å². The van der Waals surface area contributed by atoms with Gasteiger partial charge in [-0.2, -0.15) is 0 Å². The average molecular weight is 334 g/mol. The Morgan fingerprint density at radius 2 is 1.62 bits per heavy atom. The standard InChI is InChI=1S/C16H16F2N4O2/c1-20-9-14(19-10-20)16(24)22-6-4-21(5-7-22)15(23)11-2-3-12(17)13(18)8-11/h2-3,8-10H,4-7H2,1H3. The number of amides is 2. The number of imidazole rings is 1. The van der Waals surface area contributed by atoms with Gasteiger partial charge in [0.05, 0.1) is 6.33 Å². The smallest absolute Gasteiger partial charge is 0.274 e. The number of halogens is 2. The van der Waals surface area contributed by atoms with E-state index in [0.717, 1.165) is 12.1 Å². The quantitative estimate of drug-likeness (QED) is 0.832. The van der Waals surface area contributed by atoms with Crippen LogP contribution < -0.4 is 0 Å². The van der Waals surface area contributed by atoms with Crippen LogP contribution in [-0.2, 0) is 7.05 Å². The fraction of sp³-hybridized carbons (Fsp3) is 0.312. The first-order chi connectivity index (χ1) is 11.5. The van der Waals surface area contributed by atoms with Gasteiger partial charge in [0.2, 0.25) is 0 Å². The zero-order chi connectivity index (χ0) is 17.3. The third-order valence-electron chi connectivity index (χ3n) is 3.94. The molecule has 0 spiro atoms. The molecule has 1 aromatic heterocycles. The molecule has 8 heteroatoms. The molecule has 6 nitrogen and oxygen atoms in total. The fourth-order valence-corrected chi connectivity index (χ4v) is 2.61. The molecule has 2 aromatic rings. The summed E-state index contributed by atoms with van der Waals surface area (Å²) >= 11 is 0. The van der Waals surface area contributed by atoms with Gasteiger partial charge in [-0.05, 0) is 18.2 Å². The van der Waals surface area contributed by atoms with Crippen molar-refractivity contribution in [2.45, 2.75) is 0 Å². The number of carbonyl (C=O) groups excluding carboxylic acids is 2. The van der Waals surface area contributed by atoms with Crippen molar-refractivity contribution in [2.24, 2.45) is 7.05 Å². The van der Waals surface area contributed by atoms with Crippen molar-refractivity contribution >= 4 is 11.8 Å². The minimum atomic E-state index is -1.05. The minimum absolute atomic E-state index is 0.0957. The van der Waals surface area contributed by atoms with Crippen LogP contribution in [0.15, 0.2) is 30.7 Å². The molecule has 0 aliphatic carbocycles. The Labute approximate surface area is 137 Å². The van der Waals surface area contributed by atoms with Crippen LogP contribution in [0.5, 0.6) is 0 Å². The molecular weight excluding hydrogens is 318 g/mol. The number of nitrogens with zero attached hydrogens (tertiary/aromatic N) is 4. The van der Waals surface area contributed by atoms with Crippen LogP contribution in [0.25, 0.3) is 0 Å². The van der Waals surface area contributed by atoms with Crippen LogP contribution in [-0.4, -0.2) is 57.3 Å². The first-order valence-electron chi connectivity index (χ1n) is 7.47. The molecule has 0 radical (unpaired) electrons. The summed E-state index contributed by atoms with van der Waals surface area (Å²) in [5.74, 6) is -2.60. The zero-order valence-corrected chi connectivity index (χ0v) is 13.1. The van der Waals surface area contributed by atoms with Crippen molar-refractivity contribution in [3.05, 3.63) is 53.6 Å². The number of piperazine rings is 1. The Hall–Kier alpha value is -2.77. The monoisotopic (exact) mass is 334 g/mol. The first kappa shape index (κ1) is 16.1. The van der Waals surface area contributed by atoms with E-state index in [1.54, 1.807) is 29.0 Å². The number of aromatic nitrogens is 2. The van der Waals surface area contributed by atoms with Crippen LogP contribution in [0.4, 0.5) is 8.78 Å². The summed E-state index contributed by atoms with van der Waals surface area (Å²) in [5.41, 5.74) is 0.455. The molecule has 3 rings (SSSR count). The normalized spacial score (nSPS) is 14.8. The van der Waals surface area contributed by atoms with Crippen molar-refractivity contribution in [3.8, 4) is 0 Å². The fourth-order valence-electron chi connectivity index (χ4n) is 2.61. The van der Waals surface area contributed by atoms with Gasteiger partial charge in [-0.1, -0.05) is 0 Å². The highest BCUT2D eigenvalue weighted by atomic mass is 19.2. The molecule has 0 bridgehead atoms. The predicted molar refractivity (Wildman–Crippen MR) is 81.4 cm³/mol. The molecule has 1 fully saturated rings. The Kier molecular flexibility index (Phi) is 4.28. The summed E-state index contributed by atoms with van der Waals surface area (Å²) in [5, 5.41) is 0. The summed E-state index contributed by atoms with van der Waals surface area (Å²) in [6.07, 6.45) is 3.19. The maximum atomic E-state index is 13.3. The third kappa shape index (κ3) is 3.12. The molecule has 1 saturated heterocycles. The Balaban J connectivity index is 1.63. The molecule has 2 heterocycles. The number of hydrogen-bond acceptors (Lipinski definition) is 3. The minimum Gasteiger partial charge on any atom is -0.340 e. The summed E-state index contributed by atoms with van der Waals surface area (Å²) in [6.45, 7) is 1.39. The van der Waals surface area contributed by atoms with Gasteiger partial charge >= 0.3 is 0 Å². The summed E-state index contributed by atoms with van der Waals surface area (Å²) in [4.78, 5) is 31.8. The van der Waals surface area contributed by atoms with E-state index in [0.29, 0.717) is 31.9 Å². The first-order valence-corrected chi connectivity index (χ1v) is 7.47. The van der Waals surface area contributed by atoms with Crippen molar-refractivity contribution in [2.75, 3.05) is 26.2 Å². The highest BCUT2D eigenvalue weighted by Gasteiger charge is 2.26. The molecule has 2 amide bonds. The van der Waals surface area contributed by atoms with Crippen molar-refractivity contribution in [1.82, 2.24) is 19.4 Å². The van der Waals surface area contributed by atoms with E-state index >= 15 is 0 Å². The van der Waals surface area contributed by atoms with Crippen molar-refractivity contribution in [3.63, 3.8) is 0 Å². The molecule has 1 aliphatic rings. The lowest BCUT2D eigenvalue weighted by Crippen LogP contribution is -2.50. The molecule has 0 saturated carbocycles. The predicted octanol–water partition coefficient (Wildman–Crippen LogP) is 1.30. The Morgan fingerprint density at radius 3 is 2.17 bits per heavy atom. The number of carbonyl (C=O) groups is 2. The van der Waals surface area contributed by atoms with Crippen LogP contribution in [0.1, 0.15) is 20.8 Å². The maximum Gasteiger partial charge on any atom is 0.274 e. The Morgan fingerprint density at radius 1 is 1.00 bits per heavy atom. The van der Waals surface area contributed by atoms with Gasteiger partial charge in [0, 0.05) is 45.0 Å². The lowest BCUT2D eigenvalue weighted by Gasteiger charge is -2.34. The third-order valence-corrected chi connectivity index (χ3v) is 3.94. The van der Waals surface area contributed by atoms with Gasteiger partial charge in [-0.15, -0.1) is 0 Å². The van der Waals surface area contributed by atoms with Gasteiger partial charge in [-0.3, -0.25) is 9.59 Å². The molecular formula is C16H16F2N4O2. The van der Waals surface area contributed by atoms with Crippen LogP contribution in [0.2, 0.25) is 0 Å². The number of aryl methyl sites for hydroxylation is 1. The molecule has 0 N–H and O–H groups in total. The van der Waals surface area contributed by atoms with Gasteiger partial charge in [0.15, 0.2) is 11.6 Å². The van der Waals surface area contributed by atoms with Crippen LogP contribution in [0.3, 0.4) is 0 Å². The summed E-state index contributed by atoms with van der Waals surface area (Å²) < 4.78 is 27.9. The maximum absolute atomic E-state index is 13.3. The average Bonchev–Trinajstić information content (AvgIpc) is 3.02. The van der Waals surface area contributed by atoms with Crippen molar-refractivity contribution < 1.29 is 18.4 Å². The van der Waals surface area contributed by atoms with Crippen LogP contribution >= 0.6 is 0 Å². The molecule has 0 atom stereocenters. The second-order valence-electron chi connectivity index (χ2n) is 5.64. The topological polar surface area (TPSA) is 58.4 Å². The molecule has 126 valence electrons. The molecule has 0 unspecified atom stereocenters. The zero-order valence-electron chi connectivity index (χ0n) is 13.1. The highest BCUT2D eigenvalue weighted by Crippen LogP contribution is 2.14. The van der Waals surface area contributed by atoms with Crippen molar-refractivity contribution in [1.29, 1.82) is 0 Å². The number of benzene rings is 1. The number of rotatable bonds is 2. The van der Waals surface area contributed by atoms with Crippen LogP contribution in [0, 0.1) is 11.6 Å². The van der Waals surface area contributed by atoms with Gasteiger partial charge < -0.3 is 14.4 Å². The second-order valence-corrected chi connectivity index (χ2v) is 5.64. The number of hydrogen-bond donors (Lipinski definition) is 0. The van der Waals surface area contributed by atoms with E-state index in [-0.39, 0.29) is 17.4 Å². The molecule has 24 heavy (non-hydrogen) atoms. The summed E-state index contributed by atoms with van der Waals surface area (Å²) in [6, 6.07) is 3.08. The lowest BCUT2D eigenvalue weighted by atomic mass is 10.1. The van der Waals surface area contributed by atoms with Gasteiger partial charge in [-0.25, -0.2) is 13.8 Å². The second kappa shape index (κ2) is 6.38. The van der Waals surface area contributed by atoms with E-state index in [1.165, 1.54) is 11.0 Å².